The second kappa shape index (κ2) is 63.0. The molecule has 0 aliphatic rings. The van der Waals surface area contributed by atoms with Crippen LogP contribution < -0.4 is 0 Å². The highest BCUT2D eigenvalue weighted by Gasteiger charge is 2.30. The first-order valence-corrected chi connectivity index (χ1v) is 39.0. The molecular formula is C70H132O17P2. The Morgan fingerprint density at radius 1 is 0.360 bits per heavy atom. The molecular weight excluding hydrogens is 1170 g/mol. The summed E-state index contributed by atoms with van der Waals surface area (Å²) in [5, 5.41) is 10.6. The molecule has 0 aromatic rings. The van der Waals surface area contributed by atoms with Crippen LogP contribution in [0.3, 0.4) is 0 Å². The number of aliphatic hydroxyl groups is 1. The SMILES string of the molecule is CCCCCC/C=C\C=C/CCCCCCCC(=O)O[C@H](COC(=O)CCCCCCCCCCCCCCCCC)COP(=O)(O)OC[C@@H](O)COP(=O)(O)OC[C@@H](COC(=O)CCCCCCCCC)OC(=O)CCCCCCCCCCC(C)CC. The van der Waals surface area contributed by atoms with E-state index in [9.17, 15) is 43.2 Å². The predicted molar refractivity (Wildman–Crippen MR) is 358 cm³/mol. The molecule has 3 N–H and O–H groups in total. The Morgan fingerprint density at radius 3 is 0.955 bits per heavy atom. The zero-order valence-corrected chi connectivity index (χ0v) is 58.8. The van der Waals surface area contributed by atoms with Crippen molar-refractivity contribution in [3.63, 3.8) is 0 Å². The maximum absolute atomic E-state index is 13.0. The largest absolute Gasteiger partial charge is 0.472 e. The van der Waals surface area contributed by atoms with Crippen molar-refractivity contribution in [1.82, 2.24) is 0 Å². The van der Waals surface area contributed by atoms with Gasteiger partial charge >= 0.3 is 39.5 Å². The lowest BCUT2D eigenvalue weighted by Crippen LogP contribution is -2.30. The first-order chi connectivity index (χ1) is 43.1. The van der Waals surface area contributed by atoms with Crippen LogP contribution in [-0.4, -0.2) is 96.7 Å². The number of aliphatic hydroxyl groups excluding tert-OH is 1. The lowest BCUT2D eigenvalue weighted by atomic mass is 9.99. The minimum atomic E-state index is -4.96. The Balaban J connectivity index is 5.25. The van der Waals surface area contributed by atoms with E-state index in [0.29, 0.717) is 25.7 Å². The second-order valence-electron chi connectivity index (χ2n) is 24.8. The summed E-state index contributed by atoms with van der Waals surface area (Å²) in [7, 11) is -9.91. The van der Waals surface area contributed by atoms with Crippen molar-refractivity contribution < 1.29 is 80.2 Å². The standard InChI is InChI=1S/C70H132O17P2/c1-6-10-13-16-19-21-23-25-27-29-31-33-39-44-49-54-68(73)81-60-66(86-69(74)55-50-45-40-34-32-30-28-26-24-22-20-17-14-11-7-2)62-85-89(78,79)83-58-64(71)57-82-88(76,77)84-61-65(59-80-67(72)53-48-43-37-18-15-12-8-3)87-70(75)56-51-46-41-36-35-38-42-47-52-63(5)9-4/h22,24,26,28,63-66,71H,6-21,23,25,27,29-62H2,1-5H3,(H,76,77)(H,78,79)/b24-22-,28-26-/t63?,64-,65+,66+/m0/s1. The Kier molecular flexibility index (Phi) is 61.2. The van der Waals surface area contributed by atoms with Gasteiger partial charge in [0.1, 0.15) is 19.3 Å². The number of rotatable bonds is 68. The molecule has 0 amide bonds. The first-order valence-electron chi connectivity index (χ1n) is 36.0. The molecule has 0 saturated carbocycles. The number of phosphoric acid groups is 2. The van der Waals surface area contributed by atoms with E-state index in [4.69, 9.17) is 37.0 Å². The molecule has 89 heavy (non-hydrogen) atoms. The Labute approximate surface area is 542 Å². The number of carbonyl (C=O) groups excluding carboxylic acids is 4. The van der Waals surface area contributed by atoms with Crippen LogP contribution in [0.2, 0.25) is 0 Å². The van der Waals surface area contributed by atoms with Gasteiger partial charge < -0.3 is 33.8 Å². The molecule has 0 saturated heterocycles. The number of hydrogen-bond donors (Lipinski definition) is 3. The van der Waals surface area contributed by atoms with E-state index >= 15 is 0 Å². The van der Waals surface area contributed by atoms with E-state index in [1.54, 1.807) is 0 Å². The van der Waals surface area contributed by atoms with Crippen molar-refractivity contribution in [3.05, 3.63) is 24.3 Å². The zero-order chi connectivity index (χ0) is 65.6. The number of hydrogen-bond acceptors (Lipinski definition) is 15. The molecule has 3 unspecified atom stereocenters. The van der Waals surface area contributed by atoms with Gasteiger partial charge in [0.2, 0.25) is 0 Å². The molecule has 0 heterocycles. The Hall–Kier alpha value is -2.46. The molecule has 0 spiro atoms. The normalized spacial score (nSPS) is 14.6. The number of ether oxygens (including phenoxy) is 4. The Bertz CT molecular complexity index is 1810. The maximum Gasteiger partial charge on any atom is 0.472 e. The van der Waals surface area contributed by atoms with Gasteiger partial charge in [-0.05, 0) is 57.3 Å². The molecule has 0 aromatic carbocycles. The van der Waals surface area contributed by atoms with Crippen LogP contribution in [0.1, 0.15) is 336 Å². The number of esters is 4. The van der Waals surface area contributed by atoms with Gasteiger partial charge in [-0.1, -0.05) is 284 Å². The quantitative estimate of drug-likeness (QED) is 0.0169. The monoisotopic (exact) mass is 1310 g/mol. The van der Waals surface area contributed by atoms with E-state index in [-0.39, 0.29) is 25.7 Å². The van der Waals surface area contributed by atoms with Crippen molar-refractivity contribution in [2.75, 3.05) is 39.6 Å². The third kappa shape index (κ3) is 62.7. The lowest BCUT2D eigenvalue weighted by Gasteiger charge is -2.21. The predicted octanol–water partition coefficient (Wildman–Crippen LogP) is 19.7. The summed E-state index contributed by atoms with van der Waals surface area (Å²) in [5.74, 6) is -1.39. The summed E-state index contributed by atoms with van der Waals surface area (Å²) in [4.78, 5) is 72.4. The van der Waals surface area contributed by atoms with Crippen LogP contribution in [-0.2, 0) is 65.4 Å². The first kappa shape index (κ1) is 86.5. The van der Waals surface area contributed by atoms with Crippen molar-refractivity contribution in [2.24, 2.45) is 5.92 Å². The fourth-order valence-corrected chi connectivity index (χ4v) is 11.6. The highest BCUT2D eigenvalue weighted by atomic mass is 31.2. The van der Waals surface area contributed by atoms with Gasteiger partial charge in [0.25, 0.3) is 0 Å². The van der Waals surface area contributed by atoms with Gasteiger partial charge in [-0.15, -0.1) is 0 Å². The molecule has 0 aromatic heterocycles. The second-order valence-corrected chi connectivity index (χ2v) is 27.7. The van der Waals surface area contributed by atoms with Crippen LogP contribution >= 0.6 is 15.6 Å². The third-order valence-corrected chi connectivity index (χ3v) is 17.9. The average Bonchev–Trinajstić information content (AvgIpc) is 3.57. The van der Waals surface area contributed by atoms with E-state index in [2.05, 4.69) is 58.9 Å². The molecule has 524 valence electrons. The molecule has 6 atom stereocenters. The molecule has 0 radical (unpaired) electrons. The summed E-state index contributed by atoms with van der Waals surface area (Å²) in [5.41, 5.74) is 0. The maximum atomic E-state index is 13.0. The van der Waals surface area contributed by atoms with Crippen molar-refractivity contribution in [2.45, 2.75) is 355 Å². The number of carbonyl (C=O) groups is 4. The fraction of sp³-hybridized carbons (Fsp3) is 0.886. The van der Waals surface area contributed by atoms with Crippen molar-refractivity contribution >= 4 is 39.5 Å². The Morgan fingerprint density at radius 2 is 0.629 bits per heavy atom. The summed E-state index contributed by atoms with van der Waals surface area (Å²) < 4.78 is 68.1. The lowest BCUT2D eigenvalue weighted by molar-refractivity contribution is -0.161. The average molecular weight is 1310 g/mol. The number of phosphoric ester groups is 2. The van der Waals surface area contributed by atoms with Gasteiger partial charge in [-0.3, -0.25) is 37.3 Å². The smallest absolute Gasteiger partial charge is 0.462 e. The molecule has 0 aliphatic carbocycles. The number of allylic oxidation sites excluding steroid dienone is 4. The van der Waals surface area contributed by atoms with Crippen molar-refractivity contribution in [3.8, 4) is 0 Å². The van der Waals surface area contributed by atoms with Crippen LogP contribution in [0.25, 0.3) is 0 Å². The minimum absolute atomic E-state index is 0.0855. The third-order valence-electron chi connectivity index (χ3n) is 16.0. The topological polar surface area (TPSA) is 237 Å². The van der Waals surface area contributed by atoms with E-state index < -0.39 is 97.5 Å². The van der Waals surface area contributed by atoms with Crippen LogP contribution in [0, 0.1) is 5.92 Å². The fourth-order valence-electron chi connectivity index (χ4n) is 10.1. The van der Waals surface area contributed by atoms with Crippen LogP contribution in [0.15, 0.2) is 24.3 Å². The highest BCUT2D eigenvalue weighted by molar-refractivity contribution is 7.47. The van der Waals surface area contributed by atoms with E-state index in [1.165, 1.54) is 135 Å². The van der Waals surface area contributed by atoms with Gasteiger partial charge in [-0.2, -0.15) is 0 Å². The molecule has 0 bridgehead atoms. The molecule has 19 heteroatoms. The molecule has 17 nitrogen and oxygen atoms in total. The van der Waals surface area contributed by atoms with Gasteiger partial charge in [0.15, 0.2) is 12.2 Å². The highest BCUT2D eigenvalue weighted by Crippen LogP contribution is 2.45. The van der Waals surface area contributed by atoms with Gasteiger partial charge in [-0.25, -0.2) is 9.13 Å². The molecule has 0 aliphatic heterocycles. The van der Waals surface area contributed by atoms with Gasteiger partial charge in [0.05, 0.1) is 26.4 Å². The van der Waals surface area contributed by atoms with Crippen molar-refractivity contribution in [1.29, 1.82) is 0 Å². The van der Waals surface area contributed by atoms with E-state index in [1.807, 2.05) is 0 Å². The van der Waals surface area contributed by atoms with Gasteiger partial charge in [0, 0.05) is 25.7 Å². The van der Waals surface area contributed by atoms with Crippen LogP contribution in [0.5, 0.6) is 0 Å². The zero-order valence-electron chi connectivity index (χ0n) is 57.0. The summed E-state index contributed by atoms with van der Waals surface area (Å²) in [6.07, 6.45) is 52.2. The molecule has 0 rings (SSSR count). The van der Waals surface area contributed by atoms with E-state index in [0.717, 1.165) is 121 Å². The van der Waals surface area contributed by atoms with Crippen LogP contribution in [0.4, 0.5) is 0 Å². The minimum Gasteiger partial charge on any atom is -0.462 e. The summed E-state index contributed by atoms with van der Waals surface area (Å²) in [6, 6.07) is 0. The summed E-state index contributed by atoms with van der Waals surface area (Å²) >= 11 is 0. The number of unbranched alkanes of at least 4 members (excludes halogenated alkanes) is 36. The summed E-state index contributed by atoms with van der Waals surface area (Å²) in [6.45, 7) is 7.13. The molecule has 0 fully saturated rings.